The van der Waals surface area contributed by atoms with Crippen LogP contribution in [-0.2, 0) is 0 Å². The first-order chi connectivity index (χ1) is 12.1. The summed E-state index contributed by atoms with van der Waals surface area (Å²) >= 11 is 0. The van der Waals surface area contributed by atoms with Gasteiger partial charge >= 0.3 is 0 Å². The molecule has 0 spiro atoms. The Morgan fingerprint density at radius 1 is 1.40 bits per heavy atom. The molecule has 1 aliphatic rings. The van der Waals surface area contributed by atoms with Crippen LogP contribution in [0, 0.1) is 5.92 Å². The van der Waals surface area contributed by atoms with Crippen molar-refractivity contribution in [1.29, 1.82) is 0 Å². The Morgan fingerprint density at radius 3 is 2.92 bits per heavy atom. The van der Waals surface area contributed by atoms with Crippen molar-refractivity contribution in [1.82, 2.24) is 20.3 Å². The number of rotatable bonds is 6. The average molecular weight is 343 g/mol. The van der Waals surface area contributed by atoms with Gasteiger partial charge < -0.3 is 15.0 Å². The van der Waals surface area contributed by atoms with Crippen LogP contribution in [0.5, 0.6) is 5.75 Å². The number of aromatic nitrogens is 3. The lowest BCUT2D eigenvalue weighted by Gasteiger charge is -2.21. The lowest BCUT2D eigenvalue weighted by molar-refractivity contribution is 0.0943. The third-order valence-corrected chi connectivity index (χ3v) is 4.54. The summed E-state index contributed by atoms with van der Waals surface area (Å²) in [6, 6.07) is 8.23. The predicted molar refractivity (Wildman–Crippen MR) is 96.1 cm³/mol. The fraction of sp³-hybridized carbons (Fsp3) is 0.500. The molecule has 1 aromatic heterocycles. The van der Waals surface area contributed by atoms with Crippen molar-refractivity contribution in [2.75, 3.05) is 31.6 Å². The molecule has 0 radical (unpaired) electrons. The third-order valence-electron chi connectivity index (χ3n) is 4.54. The number of nitrogens with one attached hydrogen (secondary N) is 1. The summed E-state index contributed by atoms with van der Waals surface area (Å²) in [5, 5.41) is 10.9. The summed E-state index contributed by atoms with van der Waals surface area (Å²) in [5.41, 5.74) is 1.48. The summed E-state index contributed by atoms with van der Waals surface area (Å²) in [6.45, 7) is 6.51. The number of methoxy groups -OCH3 is 1. The van der Waals surface area contributed by atoms with Crippen molar-refractivity contribution >= 4 is 11.6 Å². The van der Waals surface area contributed by atoms with E-state index >= 15 is 0 Å². The van der Waals surface area contributed by atoms with Gasteiger partial charge in [0.15, 0.2) is 5.69 Å². The zero-order valence-electron chi connectivity index (χ0n) is 15.0. The number of hydrogen-bond donors (Lipinski definition) is 1. The summed E-state index contributed by atoms with van der Waals surface area (Å²) in [4.78, 5) is 14.5. The predicted octanol–water partition coefficient (Wildman–Crippen LogP) is 2.12. The highest BCUT2D eigenvalue weighted by molar-refractivity contribution is 5.91. The van der Waals surface area contributed by atoms with E-state index in [9.17, 15) is 4.79 Å². The molecule has 0 aliphatic carbocycles. The van der Waals surface area contributed by atoms with E-state index < -0.39 is 0 Å². The smallest absolute Gasteiger partial charge is 0.273 e. The number of ether oxygens (including phenoxy) is 1. The van der Waals surface area contributed by atoms with Crippen LogP contribution in [0.2, 0.25) is 0 Å². The molecule has 134 valence electrons. The molecule has 1 atom stereocenters. The Morgan fingerprint density at radius 2 is 2.20 bits per heavy atom. The van der Waals surface area contributed by atoms with E-state index in [-0.39, 0.29) is 11.9 Å². The highest BCUT2D eigenvalue weighted by Crippen LogP contribution is 2.31. The van der Waals surface area contributed by atoms with Crippen LogP contribution in [0.3, 0.4) is 0 Å². The van der Waals surface area contributed by atoms with Crippen molar-refractivity contribution < 1.29 is 9.53 Å². The highest BCUT2D eigenvalue weighted by atomic mass is 16.5. The van der Waals surface area contributed by atoms with Crippen LogP contribution in [0.15, 0.2) is 30.5 Å². The Hall–Kier alpha value is -2.57. The van der Waals surface area contributed by atoms with E-state index in [1.165, 1.54) is 0 Å². The fourth-order valence-corrected chi connectivity index (χ4v) is 3.07. The molecule has 7 heteroatoms. The standard InChI is InChI=1S/C18H25N5O2/c1-13(2)23-12-15(20-21-23)18(24)19-10-14-8-9-22(11-14)16-6-4-5-7-17(16)25-3/h4-7,12-14H,8-11H2,1-3H3,(H,19,24). The zero-order valence-corrected chi connectivity index (χ0v) is 15.0. The molecule has 7 nitrogen and oxygen atoms in total. The largest absolute Gasteiger partial charge is 0.495 e. The molecule has 1 unspecified atom stereocenters. The number of para-hydroxylation sites is 2. The molecular formula is C18H25N5O2. The van der Waals surface area contributed by atoms with E-state index in [1.807, 2.05) is 32.0 Å². The molecule has 3 rings (SSSR count). The van der Waals surface area contributed by atoms with Gasteiger partial charge in [-0.1, -0.05) is 17.3 Å². The minimum atomic E-state index is -0.164. The second kappa shape index (κ2) is 7.55. The summed E-state index contributed by atoms with van der Waals surface area (Å²) in [5.74, 6) is 1.13. The molecular weight excluding hydrogens is 318 g/mol. The monoisotopic (exact) mass is 343 g/mol. The van der Waals surface area contributed by atoms with Crippen LogP contribution < -0.4 is 15.0 Å². The first-order valence-electron chi connectivity index (χ1n) is 8.66. The van der Waals surface area contributed by atoms with Crippen molar-refractivity contribution in [3.05, 3.63) is 36.2 Å². The molecule has 0 saturated carbocycles. The van der Waals surface area contributed by atoms with E-state index in [0.29, 0.717) is 18.2 Å². The average Bonchev–Trinajstić information content (AvgIpc) is 3.29. The van der Waals surface area contributed by atoms with Gasteiger partial charge in [-0.25, -0.2) is 4.68 Å². The van der Waals surface area contributed by atoms with Gasteiger partial charge in [-0.3, -0.25) is 4.79 Å². The Bertz CT molecular complexity index is 728. The normalized spacial score (nSPS) is 17.1. The Labute approximate surface area is 148 Å². The second-order valence-corrected chi connectivity index (χ2v) is 6.66. The summed E-state index contributed by atoms with van der Waals surface area (Å²) in [6.07, 6.45) is 2.73. The number of carbonyl (C=O) groups excluding carboxylic acids is 1. The maximum Gasteiger partial charge on any atom is 0.273 e. The molecule has 1 aliphatic heterocycles. The van der Waals surface area contributed by atoms with Gasteiger partial charge in [0.25, 0.3) is 5.91 Å². The maximum absolute atomic E-state index is 12.2. The number of carbonyl (C=O) groups is 1. The van der Waals surface area contributed by atoms with Crippen molar-refractivity contribution in [2.24, 2.45) is 5.92 Å². The summed E-state index contributed by atoms with van der Waals surface area (Å²) < 4.78 is 7.13. The first-order valence-corrected chi connectivity index (χ1v) is 8.66. The number of hydrogen-bond acceptors (Lipinski definition) is 5. The number of benzene rings is 1. The molecule has 1 aromatic carbocycles. The Balaban J connectivity index is 1.54. The van der Waals surface area contributed by atoms with Gasteiger partial charge in [0, 0.05) is 25.7 Å². The lowest BCUT2D eigenvalue weighted by Crippen LogP contribution is -2.31. The van der Waals surface area contributed by atoms with Crippen molar-refractivity contribution in [2.45, 2.75) is 26.3 Å². The second-order valence-electron chi connectivity index (χ2n) is 6.66. The van der Waals surface area contributed by atoms with Gasteiger partial charge in [0.1, 0.15) is 5.75 Å². The highest BCUT2D eigenvalue weighted by Gasteiger charge is 2.25. The van der Waals surface area contributed by atoms with Gasteiger partial charge in [-0.15, -0.1) is 5.10 Å². The molecule has 1 N–H and O–H groups in total. The van der Waals surface area contributed by atoms with Crippen molar-refractivity contribution in [3.63, 3.8) is 0 Å². The quantitative estimate of drug-likeness (QED) is 0.870. The third kappa shape index (κ3) is 3.92. The summed E-state index contributed by atoms with van der Waals surface area (Å²) in [7, 11) is 1.69. The van der Waals surface area contributed by atoms with Crippen LogP contribution in [0.1, 0.15) is 36.8 Å². The molecule has 1 saturated heterocycles. The molecule has 1 amide bonds. The SMILES string of the molecule is COc1ccccc1N1CCC(CNC(=O)c2cn(C(C)C)nn2)C1. The zero-order chi connectivity index (χ0) is 17.8. The Kier molecular flexibility index (Phi) is 5.21. The number of nitrogens with zero attached hydrogens (tertiary/aromatic N) is 4. The van der Waals surface area contributed by atoms with Crippen LogP contribution in [0.25, 0.3) is 0 Å². The minimum Gasteiger partial charge on any atom is -0.495 e. The number of anilines is 1. The van der Waals surface area contributed by atoms with E-state index in [2.05, 4.69) is 26.6 Å². The van der Waals surface area contributed by atoms with Crippen LogP contribution in [0.4, 0.5) is 5.69 Å². The van der Waals surface area contributed by atoms with Crippen molar-refractivity contribution in [3.8, 4) is 5.75 Å². The van der Waals surface area contributed by atoms with E-state index in [4.69, 9.17) is 4.74 Å². The van der Waals surface area contributed by atoms with Crippen LogP contribution in [-0.4, -0.2) is 47.6 Å². The fourth-order valence-electron chi connectivity index (χ4n) is 3.07. The van der Waals surface area contributed by atoms with Gasteiger partial charge in [0.05, 0.1) is 19.0 Å². The minimum absolute atomic E-state index is 0.164. The maximum atomic E-state index is 12.2. The molecule has 0 bridgehead atoms. The van der Waals surface area contributed by atoms with Crippen LogP contribution >= 0.6 is 0 Å². The molecule has 25 heavy (non-hydrogen) atoms. The molecule has 2 heterocycles. The number of amides is 1. The van der Waals surface area contributed by atoms with E-state index in [1.54, 1.807) is 18.0 Å². The lowest BCUT2D eigenvalue weighted by atomic mass is 10.1. The first kappa shape index (κ1) is 17.3. The van der Waals surface area contributed by atoms with Gasteiger partial charge in [-0.2, -0.15) is 0 Å². The molecule has 2 aromatic rings. The van der Waals surface area contributed by atoms with Gasteiger partial charge in [0.2, 0.25) is 0 Å². The topological polar surface area (TPSA) is 72.3 Å². The van der Waals surface area contributed by atoms with E-state index in [0.717, 1.165) is 30.9 Å². The molecule has 1 fully saturated rings. The van der Waals surface area contributed by atoms with Gasteiger partial charge in [-0.05, 0) is 38.3 Å².